The van der Waals surface area contributed by atoms with Crippen LogP contribution in [-0.2, 0) is 4.74 Å². The maximum atomic E-state index is 13.0. The molecule has 3 heteroatoms. The summed E-state index contributed by atoms with van der Waals surface area (Å²) in [4.78, 5) is 17.4. The first-order chi connectivity index (χ1) is 9.80. The van der Waals surface area contributed by atoms with E-state index in [-0.39, 0.29) is 17.3 Å². The summed E-state index contributed by atoms with van der Waals surface area (Å²) in [5, 5.41) is 0.999. The number of carbonyl (C=O) groups excluding carboxylic acids is 1. The van der Waals surface area contributed by atoms with Gasteiger partial charge in [0.05, 0.1) is 22.6 Å². The first-order valence-corrected chi connectivity index (χ1v) is 7.38. The summed E-state index contributed by atoms with van der Waals surface area (Å²) in [7, 11) is 0. The number of fused-ring (bicyclic) bond motifs is 1. The molecule has 110 valence electrons. The number of rotatable bonds is 2. The number of hydrogen-bond donors (Lipinski definition) is 0. The molecule has 2 aromatic rings. The van der Waals surface area contributed by atoms with Crippen LogP contribution < -0.4 is 0 Å². The molecule has 0 radical (unpaired) electrons. The summed E-state index contributed by atoms with van der Waals surface area (Å²) >= 11 is 0. The molecule has 1 atom stereocenters. The van der Waals surface area contributed by atoms with Gasteiger partial charge in [0.25, 0.3) is 0 Å². The van der Waals surface area contributed by atoms with Gasteiger partial charge in [-0.2, -0.15) is 0 Å². The molecule has 3 nitrogen and oxygen atoms in total. The first kappa shape index (κ1) is 14.2. The zero-order valence-corrected chi connectivity index (χ0v) is 13.0. The van der Waals surface area contributed by atoms with Crippen LogP contribution in [0.3, 0.4) is 0 Å². The highest BCUT2D eigenvalue weighted by Gasteiger charge is 2.49. The van der Waals surface area contributed by atoms with Crippen LogP contribution in [0, 0.1) is 5.92 Å². The Kier molecular flexibility index (Phi) is 3.14. The van der Waals surface area contributed by atoms with Crippen LogP contribution in [0.4, 0.5) is 0 Å². The lowest BCUT2D eigenvalue weighted by Crippen LogP contribution is -2.34. The van der Waals surface area contributed by atoms with Crippen molar-refractivity contribution in [1.29, 1.82) is 0 Å². The molecule has 0 bridgehead atoms. The van der Waals surface area contributed by atoms with Crippen molar-refractivity contribution in [1.82, 2.24) is 4.98 Å². The first-order valence-electron chi connectivity index (χ1n) is 7.38. The van der Waals surface area contributed by atoms with Gasteiger partial charge < -0.3 is 4.74 Å². The Morgan fingerprint density at radius 3 is 2.57 bits per heavy atom. The molecule has 1 aliphatic rings. The average Bonchev–Trinajstić information content (AvgIpc) is 2.65. The van der Waals surface area contributed by atoms with E-state index in [2.05, 4.69) is 4.98 Å². The number of hydrogen-bond acceptors (Lipinski definition) is 3. The van der Waals surface area contributed by atoms with Crippen LogP contribution in [-0.4, -0.2) is 22.0 Å². The number of benzene rings is 1. The number of nitrogens with zero attached hydrogens (tertiary/aromatic N) is 1. The number of aromatic nitrogens is 1. The molecule has 0 amide bonds. The molecular formula is C18H21NO2. The van der Waals surface area contributed by atoms with Crippen molar-refractivity contribution in [2.24, 2.45) is 5.92 Å². The second-order valence-corrected chi connectivity index (χ2v) is 6.97. The summed E-state index contributed by atoms with van der Waals surface area (Å²) in [6.45, 7) is 8.10. The van der Waals surface area contributed by atoms with Crippen LogP contribution in [0.15, 0.2) is 36.5 Å². The molecule has 1 aliphatic heterocycles. The number of carbonyl (C=O) groups is 1. The summed E-state index contributed by atoms with van der Waals surface area (Å²) in [5.41, 5.74) is 0.775. The van der Waals surface area contributed by atoms with Gasteiger partial charge in [-0.25, -0.2) is 0 Å². The summed E-state index contributed by atoms with van der Waals surface area (Å²) in [5.74, 6) is -0.00465. The topological polar surface area (TPSA) is 39.2 Å². The van der Waals surface area contributed by atoms with Crippen LogP contribution in [0.25, 0.3) is 10.9 Å². The minimum absolute atomic E-state index is 0.134. The van der Waals surface area contributed by atoms with E-state index in [9.17, 15) is 4.79 Å². The van der Waals surface area contributed by atoms with Crippen molar-refractivity contribution in [3.63, 3.8) is 0 Å². The predicted octanol–water partition coefficient (Wildman–Crippen LogP) is 4.01. The van der Waals surface area contributed by atoms with E-state index in [0.717, 1.165) is 17.3 Å². The number of pyridine rings is 1. The van der Waals surface area contributed by atoms with Crippen LogP contribution in [0.2, 0.25) is 0 Å². The molecule has 2 heterocycles. The van der Waals surface area contributed by atoms with Gasteiger partial charge in [0.1, 0.15) is 0 Å². The fourth-order valence-electron chi connectivity index (χ4n) is 3.46. The number of Topliss-reactive ketones (excluding diaryl/α,β-unsaturated/α-hetero) is 1. The van der Waals surface area contributed by atoms with Gasteiger partial charge in [-0.1, -0.05) is 18.2 Å². The van der Waals surface area contributed by atoms with Crippen molar-refractivity contribution in [3.8, 4) is 0 Å². The largest absolute Gasteiger partial charge is 0.369 e. The van der Waals surface area contributed by atoms with Crippen molar-refractivity contribution >= 4 is 16.7 Å². The summed E-state index contributed by atoms with van der Waals surface area (Å²) in [6.07, 6.45) is 2.47. The minimum Gasteiger partial charge on any atom is -0.369 e. The molecule has 0 spiro atoms. The number of ketones is 1. The van der Waals surface area contributed by atoms with Gasteiger partial charge in [-0.3, -0.25) is 9.78 Å². The Bertz CT molecular complexity index is 698. The standard InChI is InChI=1S/C18H21NO2/c1-17(2)11-14(18(3,4)21-17)16(20)13-9-5-7-12-8-6-10-19-15(12)13/h5-10,14H,11H2,1-4H3. The number of ether oxygens (including phenoxy) is 1. The van der Waals surface area contributed by atoms with Crippen LogP contribution >= 0.6 is 0 Å². The van der Waals surface area contributed by atoms with E-state index >= 15 is 0 Å². The lowest BCUT2D eigenvalue weighted by molar-refractivity contribution is -0.0712. The Labute approximate surface area is 125 Å². The summed E-state index contributed by atoms with van der Waals surface area (Å²) < 4.78 is 6.06. The predicted molar refractivity (Wildman–Crippen MR) is 83.4 cm³/mol. The van der Waals surface area contributed by atoms with Gasteiger partial charge >= 0.3 is 0 Å². The fraction of sp³-hybridized carbons (Fsp3) is 0.444. The average molecular weight is 283 g/mol. The lowest BCUT2D eigenvalue weighted by Gasteiger charge is -2.26. The molecule has 1 aromatic heterocycles. The van der Waals surface area contributed by atoms with E-state index < -0.39 is 5.60 Å². The van der Waals surface area contributed by atoms with Gasteiger partial charge in [-0.15, -0.1) is 0 Å². The molecule has 21 heavy (non-hydrogen) atoms. The third kappa shape index (κ3) is 2.46. The van der Waals surface area contributed by atoms with E-state index in [4.69, 9.17) is 4.74 Å². The van der Waals surface area contributed by atoms with Gasteiger partial charge in [0, 0.05) is 17.1 Å². The van der Waals surface area contributed by atoms with E-state index in [1.165, 1.54) is 0 Å². The number of para-hydroxylation sites is 1. The van der Waals surface area contributed by atoms with Crippen molar-refractivity contribution in [2.45, 2.75) is 45.3 Å². The van der Waals surface area contributed by atoms with E-state index in [1.807, 2.05) is 58.0 Å². The highest BCUT2D eigenvalue weighted by atomic mass is 16.5. The molecule has 1 unspecified atom stereocenters. The summed E-state index contributed by atoms with van der Waals surface area (Å²) in [6, 6.07) is 9.66. The molecular weight excluding hydrogens is 262 g/mol. The maximum absolute atomic E-state index is 13.0. The molecule has 1 saturated heterocycles. The maximum Gasteiger partial charge on any atom is 0.171 e. The molecule has 1 fully saturated rings. The molecule has 3 rings (SSSR count). The van der Waals surface area contributed by atoms with Crippen molar-refractivity contribution in [2.75, 3.05) is 0 Å². The highest BCUT2D eigenvalue weighted by Crippen LogP contribution is 2.43. The van der Waals surface area contributed by atoms with Gasteiger partial charge in [0.2, 0.25) is 0 Å². The van der Waals surface area contributed by atoms with Crippen LogP contribution in [0.5, 0.6) is 0 Å². The van der Waals surface area contributed by atoms with Crippen molar-refractivity contribution < 1.29 is 9.53 Å². The van der Waals surface area contributed by atoms with Crippen LogP contribution in [0.1, 0.15) is 44.5 Å². The third-order valence-corrected chi connectivity index (χ3v) is 4.29. The second-order valence-electron chi connectivity index (χ2n) is 6.97. The third-order valence-electron chi connectivity index (χ3n) is 4.29. The van der Waals surface area contributed by atoms with Crippen molar-refractivity contribution in [3.05, 3.63) is 42.1 Å². The molecule has 0 N–H and O–H groups in total. The monoisotopic (exact) mass is 283 g/mol. The van der Waals surface area contributed by atoms with Gasteiger partial charge in [-0.05, 0) is 46.2 Å². The second kappa shape index (κ2) is 4.63. The zero-order chi connectivity index (χ0) is 15.3. The zero-order valence-electron chi connectivity index (χ0n) is 13.0. The van der Waals surface area contributed by atoms with E-state index in [0.29, 0.717) is 5.56 Å². The van der Waals surface area contributed by atoms with E-state index in [1.54, 1.807) is 6.20 Å². The SMILES string of the molecule is CC1(C)CC(C(=O)c2cccc3cccnc23)C(C)(C)O1. The smallest absolute Gasteiger partial charge is 0.171 e. The Morgan fingerprint density at radius 1 is 1.19 bits per heavy atom. The normalized spacial score (nSPS) is 23.3. The molecule has 1 aromatic carbocycles. The molecule has 0 saturated carbocycles. The lowest BCUT2D eigenvalue weighted by atomic mass is 9.81. The Balaban J connectivity index is 2.06. The highest BCUT2D eigenvalue weighted by molar-refractivity contribution is 6.08. The quantitative estimate of drug-likeness (QED) is 0.782. The fourth-order valence-corrected chi connectivity index (χ4v) is 3.46. The molecule has 0 aliphatic carbocycles. The Hall–Kier alpha value is -1.74. The van der Waals surface area contributed by atoms with Gasteiger partial charge in [0.15, 0.2) is 5.78 Å². The Morgan fingerprint density at radius 2 is 1.90 bits per heavy atom. The minimum atomic E-state index is -0.447.